The van der Waals surface area contributed by atoms with E-state index in [1.807, 2.05) is 0 Å². The minimum atomic E-state index is -1.20. The van der Waals surface area contributed by atoms with E-state index < -0.39 is 17.7 Å². The van der Waals surface area contributed by atoms with Crippen LogP contribution in [0.3, 0.4) is 0 Å². The summed E-state index contributed by atoms with van der Waals surface area (Å²) in [5, 5.41) is 10.3. The molecule has 1 N–H and O–H groups in total. The molecule has 0 aromatic heterocycles. The minimum absolute atomic E-state index is 0.0309. The maximum Gasteiger partial charge on any atom is 0.132 e. The van der Waals surface area contributed by atoms with E-state index in [1.54, 1.807) is 24.3 Å². The van der Waals surface area contributed by atoms with Gasteiger partial charge in [0.2, 0.25) is 0 Å². The molecule has 2 nitrogen and oxygen atoms in total. The van der Waals surface area contributed by atoms with Crippen molar-refractivity contribution in [2.45, 2.75) is 13.0 Å². The van der Waals surface area contributed by atoms with Gasteiger partial charge < -0.3 is 9.84 Å². The number of para-hydroxylation sites is 1. The molecule has 0 aliphatic rings. The van der Waals surface area contributed by atoms with Crippen LogP contribution < -0.4 is 4.74 Å². The summed E-state index contributed by atoms with van der Waals surface area (Å²) in [6.07, 6.45) is -1.20. The highest BCUT2D eigenvalue weighted by Crippen LogP contribution is 2.31. The third-order valence-electron chi connectivity index (χ3n) is 3.01. The molecule has 0 bridgehead atoms. The Morgan fingerprint density at radius 2 is 1.74 bits per heavy atom. The second kappa shape index (κ2) is 5.36. The van der Waals surface area contributed by atoms with Crippen molar-refractivity contribution >= 4 is 0 Å². The van der Waals surface area contributed by atoms with Crippen LogP contribution in [0.1, 0.15) is 22.8 Å². The van der Waals surface area contributed by atoms with Crippen LogP contribution in [0.2, 0.25) is 0 Å². The molecule has 4 heteroatoms. The third-order valence-corrected chi connectivity index (χ3v) is 3.01. The second-order valence-electron chi connectivity index (χ2n) is 4.27. The van der Waals surface area contributed by atoms with Crippen LogP contribution in [0, 0.1) is 18.6 Å². The molecular formula is C15H14F2O2. The van der Waals surface area contributed by atoms with Gasteiger partial charge in [0.15, 0.2) is 0 Å². The first-order chi connectivity index (χ1) is 9.04. The second-order valence-corrected chi connectivity index (χ2v) is 4.27. The van der Waals surface area contributed by atoms with Gasteiger partial charge in [0.25, 0.3) is 0 Å². The van der Waals surface area contributed by atoms with Crippen molar-refractivity contribution in [2.24, 2.45) is 0 Å². The average molecular weight is 264 g/mol. The molecule has 0 saturated carbocycles. The fraction of sp³-hybridized carbons (Fsp3) is 0.200. The zero-order chi connectivity index (χ0) is 14.0. The van der Waals surface area contributed by atoms with Gasteiger partial charge in [-0.1, -0.05) is 18.2 Å². The molecule has 0 amide bonds. The van der Waals surface area contributed by atoms with Crippen molar-refractivity contribution in [2.75, 3.05) is 7.11 Å². The number of hydrogen-bond donors (Lipinski definition) is 1. The Labute approximate surface area is 110 Å². The van der Waals surface area contributed by atoms with E-state index in [2.05, 4.69) is 0 Å². The highest BCUT2D eigenvalue weighted by molar-refractivity contribution is 5.41. The first-order valence-corrected chi connectivity index (χ1v) is 5.81. The summed E-state index contributed by atoms with van der Waals surface area (Å²) in [6.45, 7) is 1.52. The van der Waals surface area contributed by atoms with Crippen LogP contribution in [0.15, 0.2) is 36.4 Å². The van der Waals surface area contributed by atoms with Crippen molar-refractivity contribution in [1.82, 2.24) is 0 Å². The van der Waals surface area contributed by atoms with Gasteiger partial charge in [-0.25, -0.2) is 8.78 Å². The lowest BCUT2D eigenvalue weighted by molar-refractivity contribution is 0.209. The molecule has 100 valence electrons. The van der Waals surface area contributed by atoms with Crippen LogP contribution in [-0.4, -0.2) is 12.2 Å². The Bertz CT molecular complexity index is 597. The molecule has 0 saturated heterocycles. The number of hydrogen-bond acceptors (Lipinski definition) is 2. The average Bonchev–Trinajstić information content (AvgIpc) is 2.42. The molecule has 19 heavy (non-hydrogen) atoms. The highest BCUT2D eigenvalue weighted by atomic mass is 19.1. The van der Waals surface area contributed by atoms with Crippen molar-refractivity contribution in [3.63, 3.8) is 0 Å². The van der Waals surface area contributed by atoms with Gasteiger partial charge in [-0.05, 0) is 24.6 Å². The molecule has 0 radical (unpaired) electrons. The number of ether oxygens (including phenoxy) is 1. The number of halogens is 2. The van der Waals surface area contributed by atoms with Crippen LogP contribution in [-0.2, 0) is 0 Å². The van der Waals surface area contributed by atoms with E-state index >= 15 is 0 Å². The van der Waals surface area contributed by atoms with Gasteiger partial charge in [-0.2, -0.15) is 0 Å². The molecule has 0 heterocycles. The Kier molecular flexibility index (Phi) is 3.81. The Morgan fingerprint density at radius 1 is 1.05 bits per heavy atom. The normalized spacial score (nSPS) is 12.3. The van der Waals surface area contributed by atoms with Crippen LogP contribution in [0.5, 0.6) is 5.75 Å². The maximum atomic E-state index is 13.8. The number of benzene rings is 2. The lowest BCUT2D eigenvalue weighted by Gasteiger charge is -2.16. The van der Waals surface area contributed by atoms with Gasteiger partial charge in [0.1, 0.15) is 23.5 Å². The first-order valence-electron chi connectivity index (χ1n) is 5.81. The van der Waals surface area contributed by atoms with Gasteiger partial charge in [-0.3, -0.25) is 0 Å². The molecular weight excluding hydrogens is 250 g/mol. The zero-order valence-corrected chi connectivity index (χ0v) is 10.7. The van der Waals surface area contributed by atoms with Gasteiger partial charge in [-0.15, -0.1) is 0 Å². The Hall–Kier alpha value is -1.94. The SMILES string of the molecule is COc1ccccc1C(O)c1cc(C)c(F)cc1F. The number of aryl methyl sites for hydroxylation is 1. The molecule has 0 aliphatic heterocycles. The number of aliphatic hydroxyl groups excluding tert-OH is 1. The van der Waals surface area contributed by atoms with E-state index in [0.29, 0.717) is 11.3 Å². The molecule has 2 aromatic carbocycles. The molecule has 1 atom stereocenters. The minimum Gasteiger partial charge on any atom is -0.496 e. The summed E-state index contributed by atoms with van der Waals surface area (Å²) in [7, 11) is 1.47. The first kappa shape index (κ1) is 13.5. The Balaban J connectivity index is 2.50. The predicted molar refractivity (Wildman–Crippen MR) is 68.2 cm³/mol. The van der Waals surface area contributed by atoms with Crippen molar-refractivity contribution in [3.8, 4) is 5.75 Å². The summed E-state index contributed by atoms with van der Waals surface area (Å²) >= 11 is 0. The van der Waals surface area contributed by atoms with E-state index in [9.17, 15) is 13.9 Å². The molecule has 0 aliphatic carbocycles. The van der Waals surface area contributed by atoms with E-state index in [4.69, 9.17) is 4.74 Å². The van der Waals surface area contributed by atoms with Crippen LogP contribution in [0.4, 0.5) is 8.78 Å². The number of rotatable bonds is 3. The summed E-state index contributed by atoms with van der Waals surface area (Å²) in [5.74, 6) is -0.952. The standard InChI is InChI=1S/C15H14F2O2/c1-9-7-11(13(17)8-12(9)16)15(18)10-5-3-4-6-14(10)19-2/h3-8,15,18H,1-2H3. The third kappa shape index (κ3) is 2.58. The summed E-state index contributed by atoms with van der Waals surface area (Å²) < 4.78 is 32.1. The zero-order valence-electron chi connectivity index (χ0n) is 10.7. The molecule has 0 fully saturated rings. The van der Waals surface area contributed by atoms with E-state index in [0.717, 1.165) is 6.07 Å². The fourth-order valence-electron chi connectivity index (χ4n) is 1.95. The largest absolute Gasteiger partial charge is 0.496 e. The molecule has 1 unspecified atom stereocenters. The van der Waals surface area contributed by atoms with Gasteiger partial charge in [0, 0.05) is 17.2 Å². The number of methoxy groups -OCH3 is 1. The number of aliphatic hydroxyl groups is 1. The lowest BCUT2D eigenvalue weighted by atomic mass is 9.98. The Morgan fingerprint density at radius 3 is 2.42 bits per heavy atom. The van der Waals surface area contributed by atoms with Crippen molar-refractivity contribution in [1.29, 1.82) is 0 Å². The maximum absolute atomic E-state index is 13.8. The monoisotopic (exact) mass is 264 g/mol. The smallest absolute Gasteiger partial charge is 0.132 e. The molecule has 2 rings (SSSR count). The van der Waals surface area contributed by atoms with E-state index in [-0.39, 0.29) is 11.1 Å². The van der Waals surface area contributed by atoms with Crippen molar-refractivity contribution in [3.05, 3.63) is 64.7 Å². The lowest BCUT2D eigenvalue weighted by Crippen LogP contribution is -2.06. The van der Waals surface area contributed by atoms with Crippen LogP contribution in [0.25, 0.3) is 0 Å². The quantitative estimate of drug-likeness (QED) is 0.921. The van der Waals surface area contributed by atoms with Crippen LogP contribution >= 0.6 is 0 Å². The summed E-state index contributed by atoms with van der Waals surface area (Å²) in [5.41, 5.74) is 0.753. The van der Waals surface area contributed by atoms with E-state index in [1.165, 1.54) is 20.1 Å². The summed E-state index contributed by atoms with van der Waals surface area (Å²) in [4.78, 5) is 0. The molecule has 2 aromatic rings. The van der Waals surface area contributed by atoms with Gasteiger partial charge in [0.05, 0.1) is 7.11 Å². The summed E-state index contributed by atoms with van der Waals surface area (Å²) in [6, 6.07) is 8.87. The van der Waals surface area contributed by atoms with Crippen molar-refractivity contribution < 1.29 is 18.6 Å². The molecule has 0 spiro atoms. The predicted octanol–water partition coefficient (Wildman–Crippen LogP) is 3.36. The highest BCUT2D eigenvalue weighted by Gasteiger charge is 2.19. The topological polar surface area (TPSA) is 29.5 Å². The van der Waals surface area contributed by atoms with Gasteiger partial charge >= 0.3 is 0 Å². The fourth-order valence-corrected chi connectivity index (χ4v) is 1.95.